The van der Waals surface area contributed by atoms with Crippen LogP contribution in [0.25, 0.3) is 0 Å². The first-order chi connectivity index (χ1) is 16.2. The summed E-state index contributed by atoms with van der Waals surface area (Å²) in [5, 5.41) is 3.25. The Morgan fingerprint density at radius 1 is 0.882 bits per heavy atom. The molecular formula is C27H26ClNO5. The SMILES string of the molecule is Cc1cccc(C)c1Oc1ccc(NC(=O)CCC(=O)OC(C)C(=O)c2ccc(Cl)cc2)cc1. The molecule has 0 aromatic heterocycles. The molecule has 0 heterocycles. The van der Waals surface area contributed by atoms with Gasteiger partial charge in [-0.05, 0) is 80.4 Å². The zero-order valence-electron chi connectivity index (χ0n) is 19.3. The quantitative estimate of drug-likeness (QED) is 0.288. The zero-order chi connectivity index (χ0) is 24.7. The normalized spacial score (nSPS) is 11.4. The minimum atomic E-state index is -0.957. The van der Waals surface area contributed by atoms with Gasteiger partial charge in [-0.3, -0.25) is 14.4 Å². The molecule has 1 atom stereocenters. The summed E-state index contributed by atoms with van der Waals surface area (Å²) in [6.45, 7) is 5.46. The van der Waals surface area contributed by atoms with Gasteiger partial charge >= 0.3 is 5.97 Å². The van der Waals surface area contributed by atoms with Crippen LogP contribution in [0.3, 0.4) is 0 Å². The molecule has 3 rings (SSSR count). The third kappa shape index (κ3) is 6.93. The summed E-state index contributed by atoms with van der Waals surface area (Å²) >= 11 is 5.82. The molecule has 3 aromatic carbocycles. The van der Waals surface area contributed by atoms with Crippen LogP contribution < -0.4 is 10.1 Å². The maximum atomic E-state index is 12.3. The van der Waals surface area contributed by atoms with Crippen LogP contribution in [0.4, 0.5) is 5.69 Å². The van der Waals surface area contributed by atoms with Gasteiger partial charge in [-0.15, -0.1) is 0 Å². The number of carbonyl (C=O) groups is 3. The van der Waals surface area contributed by atoms with E-state index in [1.165, 1.54) is 6.92 Å². The standard InChI is InChI=1S/C27H26ClNO5/c1-17-5-4-6-18(2)27(17)34-23-13-11-22(12-14-23)29-24(30)15-16-25(31)33-19(3)26(32)20-7-9-21(28)10-8-20/h4-14,19H,15-16H2,1-3H3,(H,29,30). The van der Waals surface area contributed by atoms with Crippen molar-refractivity contribution in [3.8, 4) is 11.5 Å². The van der Waals surface area contributed by atoms with Crippen LogP contribution >= 0.6 is 11.6 Å². The summed E-state index contributed by atoms with van der Waals surface area (Å²) in [7, 11) is 0. The highest BCUT2D eigenvalue weighted by molar-refractivity contribution is 6.30. The number of rotatable bonds is 9. The Labute approximate surface area is 203 Å². The molecule has 34 heavy (non-hydrogen) atoms. The van der Waals surface area contributed by atoms with E-state index in [1.54, 1.807) is 48.5 Å². The summed E-state index contributed by atoms with van der Waals surface area (Å²) in [5.41, 5.74) is 3.05. The molecule has 0 spiro atoms. The fourth-order valence-electron chi connectivity index (χ4n) is 3.28. The Hall–Kier alpha value is -3.64. The van der Waals surface area contributed by atoms with Crippen LogP contribution in [0, 0.1) is 13.8 Å². The molecule has 1 N–H and O–H groups in total. The fraction of sp³-hybridized carbons (Fsp3) is 0.222. The first-order valence-corrected chi connectivity index (χ1v) is 11.2. The number of Topliss-reactive ketones (excluding diaryl/α,β-unsaturated/α-hetero) is 1. The average Bonchev–Trinajstić information content (AvgIpc) is 2.81. The second-order valence-corrected chi connectivity index (χ2v) is 8.34. The van der Waals surface area contributed by atoms with Crippen LogP contribution in [0.15, 0.2) is 66.7 Å². The van der Waals surface area contributed by atoms with Crippen LogP contribution in [0.5, 0.6) is 11.5 Å². The Balaban J connectivity index is 1.45. The lowest BCUT2D eigenvalue weighted by atomic mass is 10.1. The average molecular weight is 480 g/mol. The second kappa shape index (κ2) is 11.5. The summed E-state index contributed by atoms with van der Waals surface area (Å²) in [5.74, 6) is 0.164. The number of esters is 1. The largest absolute Gasteiger partial charge is 0.457 e. The molecule has 0 saturated carbocycles. The van der Waals surface area contributed by atoms with Gasteiger partial charge in [-0.2, -0.15) is 0 Å². The first kappa shape index (κ1) is 25.0. The summed E-state index contributed by atoms with van der Waals surface area (Å²) in [4.78, 5) is 36.6. The molecule has 1 unspecified atom stereocenters. The number of anilines is 1. The molecule has 0 aliphatic carbocycles. The van der Waals surface area contributed by atoms with Gasteiger partial charge in [0, 0.05) is 22.7 Å². The molecular weight excluding hydrogens is 454 g/mol. The van der Waals surface area contributed by atoms with Crippen molar-refractivity contribution < 1.29 is 23.9 Å². The van der Waals surface area contributed by atoms with Gasteiger partial charge in [0.1, 0.15) is 11.5 Å². The zero-order valence-corrected chi connectivity index (χ0v) is 20.0. The Bertz CT molecular complexity index is 1150. The maximum absolute atomic E-state index is 12.3. The van der Waals surface area contributed by atoms with Gasteiger partial charge < -0.3 is 14.8 Å². The second-order valence-electron chi connectivity index (χ2n) is 7.90. The van der Waals surface area contributed by atoms with Crippen molar-refractivity contribution in [2.45, 2.75) is 39.7 Å². The fourth-order valence-corrected chi connectivity index (χ4v) is 3.41. The van der Waals surface area contributed by atoms with Crippen molar-refractivity contribution in [2.24, 2.45) is 0 Å². The van der Waals surface area contributed by atoms with E-state index in [0.717, 1.165) is 16.9 Å². The number of ketones is 1. The van der Waals surface area contributed by atoms with E-state index < -0.39 is 12.1 Å². The molecule has 0 aliphatic rings. The van der Waals surface area contributed by atoms with Crippen molar-refractivity contribution in [3.63, 3.8) is 0 Å². The van der Waals surface area contributed by atoms with Crippen molar-refractivity contribution in [1.82, 2.24) is 0 Å². The van der Waals surface area contributed by atoms with Gasteiger partial charge in [0.2, 0.25) is 11.7 Å². The molecule has 0 radical (unpaired) electrons. The third-order valence-electron chi connectivity index (χ3n) is 5.13. The number of amides is 1. The highest BCUT2D eigenvalue weighted by Crippen LogP contribution is 2.29. The first-order valence-electron chi connectivity index (χ1n) is 10.9. The van der Waals surface area contributed by atoms with E-state index in [9.17, 15) is 14.4 Å². The number of nitrogens with one attached hydrogen (secondary N) is 1. The van der Waals surface area contributed by atoms with Gasteiger partial charge in [0.15, 0.2) is 6.10 Å². The number of ether oxygens (including phenoxy) is 2. The predicted molar refractivity (Wildman–Crippen MR) is 132 cm³/mol. The van der Waals surface area contributed by atoms with Crippen LogP contribution in [-0.2, 0) is 14.3 Å². The number of benzene rings is 3. The smallest absolute Gasteiger partial charge is 0.307 e. The molecule has 3 aromatic rings. The lowest BCUT2D eigenvalue weighted by molar-refractivity contribution is -0.147. The van der Waals surface area contributed by atoms with Crippen LogP contribution in [0.1, 0.15) is 41.3 Å². The number of para-hydroxylation sites is 1. The molecule has 1 amide bonds. The number of carbonyl (C=O) groups excluding carboxylic acids is 3. The molecule has 176 valence electrons. The summed E-state index contributed by atoms with van der Waals surface area (Å²) in [6, 6.07) is 19.3. The van der Waals surface area contributed by atoms with Gasteiger partial charge in [-0.1, -0.05) is 29.8 Å². The number of aryl methyl sites for hydroxylation is 2. The van der Waals surface area contributed by atoms with E-state index in [0.29, 0.717) is 22.0 Å². The summed E-state index contributed by atoms with van der Waals surface area (Å²) in [6.07, 6.45) is -1.17. The van der Waals surface area contributed by atoms with Crippen LogP contribution in [0.2, 0.25) is 5.02 Å². The molecule has 0 saturated heterocycles. The topological polar surface area (TPSA) is 81.7 Å². The predicted octanol–water partition coefficient (Wildman–Crippen LogP) is 6.28. The minimum absolute atomic E-state index is 0.0681. The molecule has 0 aliphatic heterocycles. The molecule has 7 heteroatoms. The Morgan fingerprint density at radius 2 is 1.50 bits per heavy atom. The van der Waals surface area contributed by atoms with Crippen molar-refractivity contribution in [1.29, 1.82) is 0 Å². The maximum Gasteiger partial charge on any atom is 0.307 e. The third-order valence-corrected chi connectivity index (χ3v) is 5.38. The Kier molecular flexibility index (Phi) is 8.44. The number of hydrogen-bond acceptors (Lipinski definition) is 5. The highest BCUT2D eigenvalue weighted by Gasteiger charge is 2.20. The van der Waals surface area contributed by atoms with Crippen molar-refractivity contribution in [3.05, 3.63) is 88.4 Å². The van der Waals surface area contributed by atoms with E-state index in [2.05, 4.69) is 5.32 Å². The van der Waals surface area contributed by atoms with E-state index in [1.807, 2.05) is 32.0 Å². The minimum Gasteiger partial charge on any atom is -0.457 e. The lowest BCUT2D eigenvalue weighted by Gasteiger charge is -2.13. The van der Waals surface area contributed by atoms with Crippen molar-refractivity contribution >= 4 is 34.9 Å². The highest BCUT2D eigenvalue weighted by atomic mass is 35.5. The Morgan fingerprint density at radius 3 is 2.12 bits per heavy atom. The van der Waals surface area contributed by atoms with Gasteiger partial charge in [-0.25, -0.2) is 0 Å². The monoisotopic (exact) mass is 479 g/mol. The number of hydrogen-bond donors (Lipinski definition) is 1. The lowest BCUT2D eigenvalue weighted by Crippen LogP contribution is -2.25. The van der Waals surface area contributed by atoms with E-state index >= 15 is 0 Å². The number of halogens is 1. The van der Waals surface area contributed by atoms with E-state index in [-0.39, 0.29) is 24.5 Å². The molecule has 0 bridgehead atoms. The van der Waals surface area contributed by atoms with Gasteiger partial charge in [0.05, 0.1) is 6.42 Å². The molecule has 6 nitrogen and oxygen atoms in total. The summed E-state index contributed by atoms with van der Waals surface area (Å²) < 4.78 is 11.1. The van der Waals surface area contributed by atoms with Gasteiger partial charge in [0.25, 0.3) is 0 Å². The van der Waals surface area contributed by atoms with Crippen molar-refractivity contribution in [2.75, 3.05) is 5.32 Å². The van der Waals surface area contributed by atoms with Crippen LogP contribution in [-0.4, -0.2) is 23.8 Å². The van der Waals surface area contributed by atoms with E-state index in [4.69, 9.17) is 21.1 Å². The molecule has 0 fully saturated rings.